The normalized spacial score (nSPS) is 11.1. The molecule has 3 heteroatoms. The minimum atomic E-state index is 0.620. The van der Waals surface area contributed by atoms with E-state index in [1.807, 2.05) is 37.4 Å². The first-order valence-electron chi connectivity index (χ1n) is 7.62. The number of benzene rings is 1. The average Bonchev–Trinajstić information content (AvgIpc) is 2.97. The number of allylic oxidation sites excluding steroid dienone is 1. The predicted molar refractivity (Wildman–Crippen MR) is 91.1 cm³/mol. The van der Waals surface area contributed by atoms with Crippen LogP contribution in [0.4, 0.5) is 0 Å². The summed E-state index contributed by atoms with van der Waals surface area (Å²) in [5.74, 6) is 0.900. The molecule has 0 spiro atoms. The molecule has 1 aromatic heterocycles. The van der Waals surface area contributed by atoms with Crippen LogP contribution in [0.15, 0.2) is 42.6 Å². The van der Waals surface area contributed by atoms with Gasteiger partial charge < -0.3 is 4.74 Å². The molecule has 112 valence electrons. The zero-order valence-electron chi connectivity index (χ0n) is 12.8. The fraction of sp³-hybridized carbons (Fsp3) is 0.389. The Balaban J connectivity index is 1.95. The molecule has 2 rings (SSSR count). The van der Waals surface area contributed by atoms with Gasteiger partial charge in [-0.15, -0.1) is 11.3 Å². The quantitative estimate of drug-likeness (QED) is 0.474. The van der Waals surface area contributed by atoms with Crippen LogP contribution in [0, 0.1) is 0 Å². The molecule has 0 radical (unpaired) electrons. The van der Waals surface area contributed by atoms with Crippen LogP contribution in [0.5, 0.6) is 5.75 Å². The number of nitrogens with zero attached hydrogens (tertiary/aromatic N) is 1. The van der Waals surface area contributed by atoms with Gasteiger partial charge in [-0.1, -0.05) is 31.9 Å². The number of aromatic nitrogens is 1. The Kier molecular flexibility index (Phi) is 6.48. The minimum Gasteiger partial charge on any atom is -0.490 e. The van der Waals surface area contributed by atoms with Crippen molar-refractivity contribution < 1.29 is 4.74 Å². The topological polar surface area (TPSA) is 22.1 Å². The van der Waals surface area contributed by atoms with Gasteiger partial charge in [0.2, 0.25) is 0 Å². The molecule has 0 atom stereocenters. The fourth-order valence-corrected chi connectivity index (χ4v) is 3.00. The van der Waals surface area contributed by atoms with Crippen LogP contribution in [0.2, 0.25) is 0 Å². The molecule has 21 heavy (non-hydrogen) atoms. The van der Waals surface area contributed by atoms with Gasteiger partial charge in [0.05, 0.1) is 0 Å². The van der Waals surface area contributed by atoms with Gasteiger partial charge in [0.15, 0.2) is 0 Å². The Hall–Kier alpha value is -1.61. The van der Waals surface area contributed by atoms with Crippen LogP contribution in [-0.2, 0) is 6.42 Å². The van der Waals surface area contributed by atoms with Crippen molar-refractivity contribution in [2.45, 2.75) is 39.5 Å². The maximum atomic E-state index is 5.60. The standard InChI is InChI=1S/C18H23NOS/c1-3-5-7-8-17-14-19-18(21-17)15-9-11-16(12-10-15)20-13-6-4-2/h4,6,9-12,14H,3,5,7-8,13H2,1-2H3/b6-4+. The van der Waals surface area contributed by atoms with Crippen molar-refractivity contribution in [3.05, 3.63) is 47.5 Å². The summed E-state index contributed by atoms with van der Waals surface area (Å²) in [5, 5.41) is 1.10. The van der Waals surface area contributed by atoms with E-state index >= 15 is 0 Å². The van der Waals surface area contributed by atoms with Crippen LogP contribution in [0.3, 0.4) is 0 Å². The molecular weight excluding hydrogens is 278 g/mol. The Morgan fingerprint density at radius 1 is 1.19 bits per heavy atom. The second-order valence-electron chi connectivity index (χ2n) is 4.99. The minimum absolute atomic E-state index is 0.620. The van der Waals surface area contributed by atoms with Crippen molar-refractivity contribution in [1.82, 2.24) is 4.98 Å². The molecule has 0 amide bonds. The van der Waals surface area contributed by atoms with Gasteiger partial charge in [-0.2, -0.15) is 0 Å². The second-order valence-corrected chi connectivity index (χ2v) is 6.11. The van der Waals surface area contributed by atoms with Crippen molar-refractivity contribution >= 4 is 11.3 Å². The predicted octanol–water partition coefficient (Wildman–Crippen LogP) is 5.50. The van der Waals surface area contributed by atoms with Crippen LogP contribution in [0.1, 0.15) is 38.0 Å². The third-order valence-electron chi connectivity index (χ3n) is 3.26. The fourth-order valence-electron chi connectivity index (χ4n) is 2.04. The van der Waals surface area contributed by atoms with Gasteiger partial charge >= 0.3 is 0 Å². The van der Waals surface area contributed by atoms with Crippen LogP contribution in [0.25, 0.3) is 10.6 Å². The van der Waals surface area contributed by atoms with Crippen molar-refractivity contribution in [3.8, 4) is 16.3 Å². The van der Waals surface area contributed by atoms with Crippen molar-refractivity contribution in [1.29, 1.82) is 0 Å². The molecule has 2 nitrogen and oxygen atoms in total. The Labute approximate surface area is 131 Å². The SMILES string of the molecule is C/C=C/COc1ccc(-c2ncc(CCCCC)s2)cc1. The van der Waals surface area contributed by atoms with E-state index in [0.29, 0.717) is 6.61 Å². The molecule has 2 aromatic rings. The molecule has 0 aliphatic carbocycles. The summed E-state index contributed by atoms with van der Waals surface area (Å²) >= 11 is 1.80. The van der Waals surface area contributed by atoms with Crippen molar-refractivity contribution in [2.24, 2.45) is 0 Å². The van der Waals surface area contributed by atoms with E-state index in [-0.39, 0.29) is 0 Å². The Morgan fingerprint density at radius 3 is 2.71 bits per heavy atom. The number of hydrogen-bond acceptors (Lipinski definition) is 3. The van der Waals surface area contributed by atoms with Crippen molar-refractivity contribution in [2.75, 3.05) is 6.61 Å². The molecule has 0 aliphatic heterocycles. The Morgan fingerprint density at radius 2 is 2.00 bits per heavy atom. The lowest BCUT2D eigenvalue weighted by Gasteiger charge is -2.03. The summed E-state index contributed by atoms with van der Waals surface area (Å²) in [6, 6.07) is 8.19. The summed E-state index contributed by atoms with van der Waals surface area (Å²) in [4.78, 5) is 5.92. The lowest BCUT2D eigenvalue weighted by atomic mass is 10.2. The number of rotatable bonds is 8. The van der Waals surface area contributed by atoms with Crippen molar-refractivity contribution in [3.63, 3.8) is 0 Å². The first kappa shape index (κ1) is 15.8. The summed E-state index contributed by atoms with van der Waals surface area (Å²) < 4.78 is 5.60. The van der Waals surface area contributed by atoms with E-state index in [0.717, 1.165) is 17.2 Å². The number of unbranched alkanes of at least 4 members (excludes halogenated alkanes) is 2. The van der Waals surface area contributed by atoms with E-state index in [1.54, 1.807) is 11.3 Å². The molecule has 1 heterocycles. The van der Waals surface area contributed by atoms with E-state index in [4.69, 9.17) is 4.74 Å². The van der Waals surface area contributed by atoms with Gasteiger partial charge in [0, 0.05) is 16.6 Å². The number of ether oxygens (including phenoxy) is 1. The smallest absolute Gasteiger partial charge is 0.123 e. The summed E-state index contributed by atoms with van der Waals surface area (Å²) in [6.07, 6.45) is 11.0. The lowest BCUT2D eigenvalue weighted by Crippen LogP contribution is -1.92. The molecule has 1 aromatic carbocycles. The highest BCUT2D eigenvalue weighted by atomic mass is 32.1. The highest BCUT2D eigenvalue weighted by Crippen LogP contribution is 2.27. The highest BCUT2D eigenvalue weighted by molar-refractivity contribution is 7.15. The molecule has 0 bridgehead atoms. The van der Waals surface area contributed by atoms with Crippen LogP contribution in [-0.4, -0.2) is 11.6 Å². The molecule has 0 unspecified atom stereocenters. The van der Waals surface area contributed by atoms with E-state index < -0.39 is 0 Å². The zero-order chi connectivity index (χ0) is 14.9. The van der Waals surface area contributed by atoms with Crippen LogP contribution >= 0.6 is 11.3 Å². The summed E-state index contributed by atoms with van der Waals surface area (Å²) in [6.45, 7) is 4.85. The number of hydrogen-bond donors (Lipinski definition) is 0. The third-order valence-corrected chi connectivity index (χ3v) is 4.37. The van der Waals surface area contributed by atoms with E-state index in [9.17, 15) is 0 Å². The summed E-state index contributed by atoms with van der Waals surface area (Å²) in [5.41, 5.74) is 1.17. The van der Waals surface area contributed by atoms with Gasteiger partial charge in [0.1, 0.15) is 17.4 Å². The Bertz CT molecular complexity index is 557. The maximum Gasteiger partial charge on any atom is 0.123 e. The maximum absolute atomic E-state index is 5.60. The summed E-state index contributed by atoms with van der Waals surface area (Å²) in [7, 11) is 0. The van der Waals surface area contributed by atoms with Gasteiger partial charge in [-0.25, -0.2) is 4.98 Å². The molecular formula is C18H23NOS. The molecule has 0 N–H and O–H groups in total. The molecule has 0 fully saturated rings. The monoisotopic (exact) mass is 301 g/mol. The first-order valence-corrected chi connectivity index (χ1v) is 8.44. The molecule has 0 saturated heterocycles. The van der Waals surface area contributed by atoms with Crippen LogP contribution < -0.4 is 4.74 Å². The lowest BCUT2D eigenvalue weighted by molar-refractivity contribution is 0.363. The highest BCUT2D eigenvalue weighted by Gasteiger charge is 2.05. The first-order chi connectivity index (χ1) is 10.3. The molecule has 0 aliphatic rings. The van der Waals surface area contributed by atoms with E-state index in [2.05, 4.69) is 24.0 Å². The van der Waals surface area contributed by atoms with Gasteiger partial charge in [-0.05, 0) is 44.0 Å². The largest absolute Gasteiger partial charge is 0.490 e. The average molecular weight is 301 g/mol. The zero-order valence-corrected chi connectivity index (χ0v) is 13.7. The van der Waals surface area contributed by atoms with E-state index in [1.165, 1.54) is 29.7 Å². The molecule has 0 saturated carbocycles. The second kappa shape index (κ2) is 8.63. The third kappa shape index (κ3) is 5.01. The van der Waals surface area contributed by atoms with Gasteiger partial charge in [0.25, 0.3) is 0 Å². The number of thiazole rings is 1. The van der Waals surface area contributed by atoms with Gasteiger partial charge in [-0.3, -0.25) is 0 Å². The number of aryl methyl sites for hydroxylation is 1.